The number of carbonyl (C=O) groups is 1. The SMILES string of the molecule is CCOC(=O)NC(=S)Nc1ccc(N=Nc2ccccc2)cc1. The van der Waals surface area contributed by atoms with Crippen molar-refractivity contribution < 1.29 is 9.53 Å². The van der Waals surface area contributed by atoms with E-state index < -0.39 is 6.09 Å². The molecule has 0 bridgehead atoms. The van der Waals surface area contributed by atoms with Gasteiger partial charge in [0.15, 0.2) is 5.11 Å². The fraction of sp³-hybridized carbons (Fsp3) is 0.125. The van der Waals surface area contributed by atoms with E-state index in [0.717, 1.165) is 11.4 Å². The number of hydrogen-bond donors (Lipinski definition) is 2. The minimum absolute atomic E-state index is 0.169. The molecule has 0 fully saturated rings. The number of carbonyl (C=O) groups excluding carboxylic acids is 1. The van der Waals surface area contributed by atoms with Gasteiger partial charge in [-0.1, -0.05) is 18.2 Å². The van der Waals surface area contributed by atoms with Crippen LogP contribution >= 0.6 is 12.2 Å². The van der Waals surface area contributed by atoms with Crippen molar-refractivity contribution in [2.45, 2.75) is 6.92 Å². The summed E-state index contributed by atoms with van der Waals surface area (Å²) in [5.41, 5.74) is 2.23. The highest BCUT2D eigenvalue weighted by molar-refractivity contribution is 7.80. The molecule has 2 N–H and O–H groups in total. The lowest BCUT2D eigenvalue weighted by Gasteiger charge is -2.09. The van der Waals surface area contributed by atoms with Crippen molar-refractivity contribution in [3.05, 3.63) is 54.6 Å². The molecule has 7 heteroatoms. The molecule has 0 spiro atoms. The second kappa shape index (κ2) is 8.60. The van der Waals surface area contributed by atoms with Crippen molar-refractivity contribution in [1.29, 1.82) is 0 Å². The summed E-state index contributed by atoms with van der Waals surface area (Å²) >= 11 is 5.01. The Kier molecular flexibility index (Phi) is 6.19. The first-order valence-electron chi connectivity index (χ1n) is 6.99. The molecule has 0 unspecified atom stereocenters. The number of azo groups is 1. The standard InChI is InChI=1S/C16H16N4O2S/c1-2-22-16(21)18-15(23)17-12-8-10-14(11-9-12)20-19-13-6-4-3-5-7-13/h3-11H,2H2,1H3,(H2,17,18,21,23). The number of nitrogens with zero attached hydrogens (tertiary/aromatic N) is 2. The smallest absolute Gasteiger partial charge is 0.413 e. The average Bonchev–Trinajstić information content (AvgIpc) is 2.55. The number of thiocarbonyl (C=S) groups is 1. The lowest BCUT2D eigenvalue weighted by atomic mass is 10.3. The topological polar surface area (TPSA) is 75.1 Å². The van der Waals surface area contributed by atoms with Crippen molar-refractivity contribution in [3.63, 3.8) is 0 Å². The van der Waals surface area contributed by atoms with E-state index in [-0.39, 0.29) is 11.7 Å². The minimum Gasteiger partial charge on any atom is -0.450 e. The molecule has 2 rings (SSSR count). The summed E-state index contributed by atoms with van der Waals surface area (Å²) in [4.78, 5) is 11.2. The van der Waals surface area contributed by atoms with Crippen LogP contribution in [0.3, 0.4) is 0 Å². The molecule has 23 heavy (non-hydrogen) atoms. The van der Waals surface area contributed by atoms with Crippen LogP contribution in [0.4, 0.5) is 21.9 Å². The molecule has 6 nitrogen and oxygen atoms in total. The molecular formula is C16H16N4O2S. The molecule has 2 aromatic rings. The third-order valence-electron chi connectivity index (χ3n) is 2.65. The zero-order valence-electron chi connectivity index (χ0n) is 12.5. The Bertz CT molecular complexity index is 687. The number of rotatable bonds is 4. The largest absolute Gasteiger partial charge is 0.450 e. The first kappa shape index (κ1) is 16.6. The van der Waals surface area contributed by atoms with Gasteiger partial charge in [0, 0.05) is 5.69 Å². The fourth-order valence-electron chi connectivity index (χ4n) is 1.64. The van der Waals surface area contributed by atoms with Gasteiger partial charge < -0.3 is 10.1 Å². The highest BCUT2D eigenvalue weighted by atomic mass is 32.1. The third kappa shape index (κ3) is 5.84. The van der Waals surface area contributed by atoms with Crippen LogP contribution in [0.2, 0.25) is 0 Å². The van der Waals surface area contributed by atoms with Gasteiger partial charge in [0.05, 0.1) is 18.0 Å². The van der Waals surface area contributed by atoms with E-state index in [0.29, 0.717) is 5.69 Å². The fourth-order valence-corrected chi connectivity index (χ4v) is 1.84. The molecule has 2 aromatic carbocycles. The first-order valence-corrected chi connectivity index (χ1v) is 7.40. The first-order chi connectivity index (χ1) is 11.2. The lowest BCUT2D eigenvalue weighted by molar-refractivity contribution is 0.158. The minimum atomic E-state index is -0.585. The number of ether oxygens (including phenoxy) is 1. The summed E-state index contributed by atoms with van der Waals surface area (Å²) in [5.74, 6) is 0. The van der Waals surface area contributed by atoms with Gasteiger partial charge in [-0.3, -0.25) is 5.32 Å². The molecule has 0 radical (unpaired) electrons. The summed E-state index contributed by atoms with van der Waals surface area (Å²) in [5, 5.41) is 13.7. The number of alkyl carbamates (subject to hydrolysis) is 1. The normalized spacial score (nSPS) is 10.3. The van der Waals surface area contributed by atoms with Gasteiger partial charge in [0.1, 0.15) is 0 Å². The van der Waals surface area contributed by atoms with Gasteiger partial charge in [0.25, 0.3) is 0 Å². The van der Waals surface area contributed by atoms with E-state index in [1.54, 1.807) is 31.2 Å². The summed E-state index contributed by atoms with van der Waals surface area (Å²) < 4.78 is 4.74. The van der Waals surface area contributed by atoms with Crippen molar-refractivity contribution >= 4 is 40.5 Å². The molecule has 118 valence electrons. The number of hydrogen-bond acceptors (Lipinski definition) is 5. The molecule has 0 aliphatic carbocycles. The van der Waals surface area contributed by atoms with E-state index in [2.05, 4.69) is 20.9 Å². The van der Waals surface area contributed by atoms with Gasteiger partial charge in [0.2, 0.25) is 0 Å². The second-order valence-corrected chi connectivity index (χ2v) is 4.79. The number of nitrogens with one attached hydrogen (secondary N) is 2. The Labute approximate surface area is 139 Å². The zero-order valence-corrected chi connectivity index (χ0v) is 13.3. The maximum absolute atomic E-state index is 11.2. The summed E-state index contributed by atoms with van der Waals surface area (Å²) in [6.45, 7) is 2.01. The van der Waals surface area contributed by atoms with E-state index in [4.69, 9.17) is 17.0 Å². The van der Waals surface area contributed by atoms with E-state index in [1.807, 2.05) is 30.3 Å². The van der Waals surface area contributed by atoms with Crippen LogP contribution in [0.25, 0.3) is 0 Å². The van der Waals surface area contributed by atoms with Crippen LogP contribution in [0.5, 0.6) is 0 Å². The molecule has 0 saturated heterocycles. The molecular weight excluding hydrogens is 312 g/mol. The summed E-state index contributed by atoms with van der Waals surface area (Å²) in [7, 11) is 0. The van der Waals surface area contributed by atoms with Gasteiger partial charge in [-0.15, -0.1) is 0 Å². The Hall–Kier alpha value is -2.80. The van der Waals surface area contributed by atoms with Crippen LogP contribution in [-0.4, -0.2) is 17.8 Å². The molecule has 0 aliphatic heterocycles. The van der Waals surface area contributed by atoms with Gasteiger partial charge in [-0.25, -0.2) is 4.79 Å². The molecule has 0 atom stereocenters. The Morgan fingerprint density at radius 1 is 1.04 bits per heavy atom. The Morgan fingerprint density at radius 2 is 1.65 bits per heavy atom. The van der Waals surface area contributed by atoms with E-state index in [1.165, 1.54) is 0 Å². The van der Waals surface area contributed by atoms with Crippen molar-refractivity contribution in [2.75, 3.05) is 11.9 Å². The average molecular weight is 328 g/mol. The predicted octanol–water partition coefficient (Wildman–Crippen LogP) is 4.54. The number of anilines is 1. The van der Waals surface area contributed by atoms with E-state index >= 15 is 0 Å². The second-order valence-electron chi connectivity index (χ2n) is 4.38. The zero-order chi connectivity index (χ0) is 16.5. The highest BCUT2D eigenvalue weighted by Crippen LogP contribution is 2.19. The summed E-state index contributed by atoms with van der Waals surface area (Å²) in [6.07, 6.45) is -0.585. The Morgan fingerprint density at radius 3 is 2.26 bits per heavy atom. The van der Waals surface area contributed by atoms with Crippen molar-refractivity contribution in [3.8, 4) is 0 Å². The van der Waals surface area contributed by atoms with Crippen LogP contribution in [0.1, 0.15) is 6.92 Å². The molecule has 0 saturated carbocycles. The number of amides is 1. The van der Waals surface area contributed by atoms with Crippen LogP contribution in [0, 0.1) is 0 Å². The molecule has 1 amide bonds. The van der Waals surface area contributed by atoms with Crippen LogP contribution < -0.4 is 10.6 Å². The molecule has 0 heterocycles. The molecule has 0 aliphatic rings. The quantitative estimate of drug-likeness (QED) is 0.638. The van der Waals surface area contributed by atoms with Crippen molar-refractivity contribution in [1.82, 2.24) is 5.32 Å². The van der Waals surface area contributed by atoms with Crippen LogP contribution in [0.15, 0.2) is 64.8 Å². The maximum atomic E-state index is 11.2. The van der Waals surface area contributed by atoms with Gasteiger partial charge in [-0.2, -0.15) is 10.2 Å². The van der Waals surface area contributed by atoms with Gasteiger partial charge >= 0.3 is 6.09 Å². The lowest BCUT2D eigenvalue weighted by Crippen LogP contribution is -2.34. The molecule has 0 aromatic heterocycles. The van der Waals surface area contributed by atoms with Crippen molar-refractivity contribution in [2.24, 2.45) is 10.2 Å². The van der Waals surface area contributed by atoms with E-state index in [9.17, 15) is 4.79 Å². The maximum Gasteiger partial charge on any atom is 0.413 e. The predicted molar refractivity (Wildman–Crippen MR) is 93.4 cm³/mol. The highest BCUT2D eigenvalue weighted by Gasteiger charge is 2.04. The number of benzene rings is 2. The third-order valence-corrected chi connectivity index (χ3v) is 2.86. The van der Waals surface area contributed by atoms with Crippen LogP contribution in [-0.2, 0) is 4.74 Å². The van der Waals surface area contributed by atoms with Gasteiger partial charge in [-0.05, 0) is 55.5 Å². The Balaban J connectivity index is 1.90. The summed E-state index contributed by atoms with van der Waals surface area (Å²) in [6, 6.07) is 16.6. The monoisotopic (exact) mass is 328 g/mol.